The Morgan fingerprint density at radius 1 is 1.29 bits per heavy atom. The number of aryl methyl sites for hydroxylation is 1. The van der Waals surface area contributed by atoms with E-state index in [0.29, 0.717) is 10.6 Å². The summed E-state index contributed by atoms with van der Waals surface area (Å²) >= 11 is 3.10. The van der Waals surface area contributed by atoms with Gasteiger partial charge in [0.25, 0.3) is 0 Å². The number of hydrogen-bond donors (Lipinski definition) is 1. The van der Waals surface area contributed by atoms with Crippen molar-refractivity contribution in [1.29, 1.82) is 0 Å². The molecule has 0 fully saturated rings. The van der Waals surface area contributed by atoms with Gasteiger partial charge in [0.2, 0.25) is 0 Å². The Labute approximate surface area is 108 Å². The monoisotopic (exact) mass is 267 g/mol. The van der Waals surface area contributed by atoms with Crippen LogP contribution in [0, 0.1) is 13.8 Å². The average Bonchev–Trinajstić information content (AvgIpc) is 2.85. The fourth-order valence-electron chi connectivity index (χ4n) is 1.56. The molecule has 2 heterocycles. The molecule has 17 heavy (non-hydrogen) atoms. The minimum absolute atomic E-state index is 0.366. The summed E-state index contributed by atoms with van der Waals surface area (Å²) in [7, 11) is 1.37. The van der Waals surface area contributed by atoms with E-state index in [2.05, 4.69) is 19.1 Å². The second kappa shape index (κ2) is 4.50. The normalized spacial score (nSPS) is 10.5. The Kier molecular flexibility index (Phi) is 3.22. The van der Waals surface area contributed by atoms with E-state index < -0.39 is 0 Å². The van der Waals surface area contributed by atoms with Crippen LogP contribution in [0.4, 0.5) is 5.69 Å². The molecule has 0 radical (unpaired) electrons. The highest BCUT2D eigenvalue weighted by Gasteiger charge is 2.20. The second-order valence-electron chi connectivity index (χ2n) is 3.70. The van der Waals surface area contributed by atoms with Gasteiger partial charge in [-0.1, -0.05) is 0 Å². The molecule has 0 unspecified atom stereocenters. The van der Waals surface area contributed by atoms with Crippen LogP contribution in [-0.4, -0.2) is 13.1 Å². The minimum atomic E-state index is -0.366. The zero-order valence-electron chi connectivity index (χ0n) is 9.87. The van der Waals surface area contributed by atoms with Crippen LogP contribution in [0.3, 0.4) is 0 Å². The molecule has 2 aromatic rings. The lowest BCUT2D eigenvalue weighted by molar-refractivity contribution is 0.0607. The number of anilines is 1. The predicted molar refractivity (Wildman–Crippen MR) is 72.9 cm³/mol. The number of methoxy groups -OCH3 is 1. The van der Waals surface area contributed by atoms with Gasteiger partial charge in [-0.2, -0.15) is 0 Å². The van der Waals surface area contributed by atoms with E-state index in [1.165, 1.54) is 23.3 Å². The fraction of sp³-hybridized carbons (Fsp3) is 0.250. The van der Waals surface area contributed by atoms with Gasteiger partial charge in [0.15, 0.2) is 0 Å². The van der Waals surface area contributed by atoms with Gasteiger partial charge in [-0.25, -0.2) is 4.79 Å². The first kappa shape index (κ1) is 12.1. The molecule has 0 bridgehead atoms. The Balaban J connectivity index is 2.53. The summed E-state index contributed by atoms with van der Waals surface area (Å²) in [5.41, 5.74) is 7.42. The molecule has 0 saturated heterocycles. The quantitative estimate of drug-likeness (QED) is 0.848. The van der Waals surface area contributed by atoms with Crippen molar-refractivity contribution >= 4 is 34.3 Å². The van der Waals surface area contributed by atoms with Crippen LogP contribution in [-0.2, 0) is 4.74 Å². The highest BCUT2D eigenvalue weighted by molar-refractivity contribution is 7.23. The van der Waals surface area contributed by atoms with E-state index in [-0.39, 0.29) is 5.97 Å². The number of nitrogen functional groups attached to an aromatic ring is 1. The maximum Gasteiger partial charge on any atom is 0.350 e. The van der Waals surface area contributed by atoms with Crippen LogP contribution in [0.1, 0.15) is 20.1 Å². The molecule has 5 heteroatoms. The van der Waals surface area contributed by atoms with Crippen molar-refractivity contribution < 1.29 is 9.53 Å². The Bertz CT molecular complexity index is 569. The maximum absolute atomic E-state index is 11.5. The highest BCUT2D eigenvalue weighted by Crippen LogP contribution is 2.41. The van der Waals surface area contributed by atoms with Gasteiger partial charge in [-0.15, -0.1) is 22.7 Å². The number of hydrogen-bond acceptors (Lipinski definition) is 5. The summed E-state index contributed by atoms with van der Waals surface area (Å²) < 4.78 is 4.72. The van der Waals surface area contributed by atoms with Gasteiger partial charge in [-0.05, 0) is 31.5 Å². The van der Waals surface area contributed by atoms with Crippen LogP contribution >= 0.6 is 22.7 Å². The summed E-state index contributed by atoms with van der Waals surface area (Å²) in [5, 5.41) is 0. The standard InChI is InChI=1S/C12H13NO2S2/c1-6-4-5-8(16-6)10-7(2)9(13)11(17-10)12(14)15-3/h4-5H,13H2,1-3H3. The molecular weight excluding hydrogens is 254 g/mol. The smallest absolute Gasteiger partial charge is 0.350 e. The Morgan fingerprint density at radius 3 is 2.53 bits per heavy atom. The highest BCUT2D eigenvalue weighted by atomic mass is 32.1. The van der Waals surface area contributed by atoms with Crippen molar-refractivity contribution in [1.82, 2.24) is 0 Å². The van der Waals surface area contributed by atoms with Crippen LogP contribution in [0.2, 0.25) is 0 Å². The number of carbonyl (C=O) groups excluding carboxylic acids is 1. The molecule has 0 amide bonds. The lowest BCUT2D eigenvalue weighted by atomic mass is 10.2. The van der Waals surface area contributed by atoms with Gasteiger partial charge in [0, 0.05) is 9.75 Å². The zero-order valence-corrected chi connectivity index (χ0v) is 11.5. The van der Waals surface area contributed by atoms with Crippen LogP contribution in [0.5, 0.6) is 0 Å². The number of ether oxygens (including phenoxy) is 1. The van der Waals surface area contributed by atoms with E-state index >= 15 is 0 Å². The van der Waals surface area contributed by atoms with Crippen LogP contribution < -0.4 is 5.73 Å². The molecule has 0 aliphatic carbocycles. The molecule has 90 valence electrons. The van der Waals surface area contributed by atoms with Crippen molar-refractivity contribution in [3.8, 4) is 9.75 Å². The largest absolute Gasteiger partial charge is 0.465 e. The average molecular weight is 267 g/mol. The summed E-state index contributed by atoms with van der Waals surface area (Å²) in [5.74, 6) is -0.366. The fourth-order valence-corrected chi connectivity index (χ4v) is 3.74. The first-order chi connectivity index (χ1) is 8.04. The summed E-state index contributed by atoms with van der Waals surface area (Å²) in [6.45, 7) is 3.99. The molecule has 0 atom stereocenters. The van der Waals surface area contributed by atoms with Crippen molar-refractivity contribution in [3.63, 3.8) is 0 Å². The third kappa shape index (κ3) is 2.08. The molecular formula is C12H13NO2S2. The first-order valence-corrected chi connectivity index (χ1v) is 6.72. The van der Waals surface area contributed by atoms with Gasteiger partial charge in [0.1, 0.15) is 4.88 Å². The van der Waals surface area contributed by atoms with E-state index in [0.717, 1.165) is 15.3 Å². The van der Waals surface area contributed by atoms with Crippen molar-refractivity contribution in [2.45, 2.75) is 13.8 Å². The van der Waals surface area contributed by atoms with Crippen LogP contribution in [0.15, 0.2) is 12.1 Å². The lowest BCUT2D eigenvalue weighted by Gasteiger charge is -1.96. The van der Waals surface area contributed by atoms with E-state index in [9.17, 15) is 4.79 Å². The number of carbonyl (C=O) groups is 1. The Morgan fingerprint density at radius 2 is 2.00 bits per heavy atom. The first-order valence-electron chi connectivity index (χ1n) is 5.08. The van der Waals surface area contributed by atoms with Gasteiger partial charge in [-0.3, -0.25) is 0 Å². The molecule has 2 N–H and O–H groups in total. The molecule has 0 saturated carbocycles. The molecule has 2 rings (SSSR count). The zero-order chi connectivity index (χ0) is 12.6. The minimum Gasteiger partial charge on any atom is -0.465 e. The van der Waals surface area contributed by atoms with Crippen molar-refractivity contribution in [2.75, 3.05) is 12.8 Å². The summed E-state index contributed by atoms with van der Waals surface area (Å²) in [6.07, 6.45) is 0. The molecule has 3 nitrogen and oxygen atoms in total. The molecule has 2 aromatic heterocycles. The predicted octanol–water partition coefficient (Wildman–Crippen LogP) is 3.46. The van der Waals surface area contributed by atoms with Crippen molar-refractivity contribution in [2.24, 2.45) is 0 Å². The number of esters is 1. The lowest BCUT2D eigenvalue weighted by Crippen LogP contribution is -2.01. The third-order valence-electron chi connectivity index (χ3n) is 2.53. The Hall–Kier alpha value is -1.33. The SMILES string of the molecule is COC(=O)c1sc(-c2ccc(C)s2)c(C)c1N. The molecule has 0 aliphatic heterocycles. The molecule has 0 spiro atoms. The molecule has 0 aliphatic rings. The molecule has 0 aromatic carbocycles. The van der Waals surface area contributed by atoms with Gasteiger partial charge < -0.3 is 10.5 Å². The summed E-state index contributed by atoms with van der Waals surface area (Å²) in [6, 6.07) is 4.12. The number of nitrogens with two attached hydrogens (primary N) is 1. The third-order valence-corrected chi connectivity index (χ3v) is 5.00. The number of rotatable bonds is 2. The van der Waals surface area contributed by atoms with E-state index in [4.69, 9.17) is 10.5 Å². The topological polar surface area (TPSA) is 52.3 Å². The van der Waals surface area contributed by atoms with Crippen LogP contribution in [0.25, 0.3) is 9.75 Å². The van der Waals surface area contributed by atoms with E-state index in [1.807, 2.05) is 6.92 Å². The maximum atomic E-state index is 11.5. The summed E-state index contributed by atoms with van der Waals surface area (Å²) in [4.78, 5) is 15.5. The van der Waals surface area contributed by atoms with Gasteiger partial charge in [0.05, 0.1) is 17.7 Å². The van der Waals surface area contributed by atoms with E-state index in [1.54, 1.807) is 11.3 Å². The van der Waals surface area contributed by atoms with Gasteiger partial charge >= 0.3 is 5.97 Å². The number of thiophene rings is 2. The second-order valence-corrected chi connectivity index (χ2v) is 6.01. The van der Waals surface area contributed by atoms with Crippen molar-refractivity contribution in [3.05, 3.63) is 27.5 Å².